The number of rotatable bonds is 7. The van der Waals surface area contributed by atoms with Crippen molar-refractivity contribution in [1.29, 1.82) is 0 Å². The highest BCUT2D eigenvalue weighted by molar-refractivity contribution is 7.80. The van der Waals surface area contributed by atoms with E-state index >= 15 is 0 Å². The summed E-state index contributed by atoms with van der Waals surface area (Å²) in [7, 11) is 1.68. The van der Waals surface area contributed by atoms with Crippen LogP contribution < -0.4 is 10.6 Å². The Morgan fingerprint density at radius 2 is 2.12 bits per heavy atom. The maximum absolute atomic E-state index is 13.0. The molecule has 3 aromatic rings. The van der Waals surface area contributed by atoms with Crippen molar-refractivity contribution in [3.63, 3.8) is 0 Å². The van der Waals surface area contributed by atoms with E-state index in [-0.39, 0.29) is 5.91 Å². The normalized spacial score (nSPS) is 14.3. The Balaban J connectivity index is 1.38. The van der Waals surface area contributed by atoms with E-state index in [1.54, 1.807) is 24.1 Å². The molecule has 4 rings (SSSR count). The van der Waals surface area contributed by atoms with E-state index in [2.05, 4.69) is 30.6 Å². The van der Waals surface area contributed by atoms with Gasteiger partial charge in [0.1, 0.15) is 5.69 Å². The number of amides is 1. The highest BCUT2D eigenvalue weighted by Gasteiger charge is 2.25. The summed E-state index contributed by atoms with van der Waals surface area (Å²) in [5.41, 5.74) is 2.85. The van der Waals surface area contributed by atoms with Crippen LogP contribution in [0.25, 0.3) is 5.82 Å². The summed E-state index contributed by atoms with van der Waals surface area (Å²) in [5.74, 6) is 0.659. The quantitative estimate of drug-likeness (QED) is 0.378. The van der Waals surface area contributed by atoms with E-state index in [1.807, 2.05) is 31.4 Å². The maximum atomic E-state index is 13.0. The minimum atomic E-state index is -0.251. The number of nitrogens with one attached hydrogen (secondary N) is 2. The topological polar surface area (TPSA) is 97.2 Å². The van der Waals surface area contributed by atoms with Crippen LogP contribution in [0.5, 0.6) is 0 Å². The van der Waals surface area contributed by atoms with E-state index < -0.39 is 0 Å². The summed E-state index contributed by atoms with van der Waals surface area (Å²) in [6.45, 7) is 6.96. The molecule has 4 heterocycles. The van der Waals surface area contributed by atoms with Crippen LogP contribution in [0.15, 0.2) is 29.8 Å². The lowest BCUT2D eigenvalue weighted by molar-refractivity contribution is 0.102. The fourth-order valence-corrected chi connectivity index (χ4v) is 5.23. The molecular weight excluding hydrogens is 470 g/mol. The molecule has 0 aliphatic carbocycles. The Kier molecular flexibility index (Phi) is 7.86. The van der Waals surface area contributed by atoms with Gasteiger partial charge in [0, 0.05) is 49.9 Å². The van der Waals surface area contributed by atoms with Gasteiger partial charge < -0.3 is 20.3 Å². The molecule has 9 nitrogen and oxygen atoms in total. The first-order chi connectivity index (χ1) is 16.5. The SMILES string of the molecule is COCCNC(=S)N1CCC(c2nc(C(=O)Nc3cccnc3-n3nc(C)cc3C)cs2)CC1. The summed E-state index contributed by atoms with van der Waals surface area (Å²) in [4.78, 5) is 24.3. The molecule has 1 aliphatic heterocycles. The van der Waals surface area contributed by atoms with Crippen molar-refractivity contribution in [2.24, 2.45) is 0 Å². The second-order valence-electron chi connectivity index (χ2n) is 8.22. The van der Waals surface area contributed by atoms with Crippen LogP contribution in [0.1, 0.15) is 45.6 Å². The van der Waals surface area contributed by atoms with Gasteiger partial charge in [0.2, 0.25) is 0 Å². The number of carbonyl (C=O) groups excluding carboxylic acids is 1. The second kappa shape index (κ2) is 11.0. The molecule has 1 saturated heterocycles. The van der Waals surface area contributed by atoms with Crippen molar-refractivity contribution in [3.8, 4) is 5.82 Å². The molecule has 1 aliphatic rings. The highest BCUT2D eigenvalue weighted by atomic mass is 32.1. The van der Waals surface area contributed by atoms with Crippen LogP contribution in [-0.2, 0) is 4.74 Å². The van der Waals surface area contributed by atoms with Gasteiger partial charge in [0.25, 0.3) is 5.91 Å². The van der Waals surface area contributed by atoms with Crippen molar-refractivity contribution in [2.75, 3.05) is 38.7 Å². The molecule has 0 unspecified atom stereocenters. The molecule has 0 atom stereocenters. The lowest BCUT2D eigenvalue weighted by atomic mass is 9.98. The Bertz CT molecular complexity index is 1150. The average molecular weight is 500 g/mol. The summed E-state index contributed by atoms with van der Waals surface area (Å²) in [6.07, 6.45) is 3.59. The van der Waals surface area contributed by atoms with E-state index in [0.717, 1.165) is 47.4 Å². The fraction of sp³-hybridized carbons (Fsp3) is 0.435. The summed E-state index contributed by atoms with van der Waals surface area (Å²) >= 11 is 7.02. The molecule has 0 bridgehead atoms. The summed E-state index contributed by atoms with van der Waals surface area (Å²) < 4.78 is 6.80. The smallest absolute Gasteiger partial charge is 0.275 e. The number of piperidine rings is 1. The van der Waals surface area contributed by atoms with Gasteiger partial charge in [-0.25, -0.2) is 14.6 Å². The molecule has 0 saturated carbocycles. The largest absolute Gasteiger partial charge is 0.383 e. The maximum Gasteiger partial charge on any atom is 0.275 e. The predicted octanol–water partition coefficient (Wildman–Crippen LogP) is 3.29. The number of carbonyl (C=O) groups is 1. The van der Waals surface area contributed by atoms with E-state index in [4.69, 9.17) is 17.0 Å². The first-order valence-corrected chi connectivity index (χ1v) is 12.5. The molecule has 180 valence electrons. The number of thiazole rings is 1. The van der Waals surface area contributed by atoms with E-state index in [9.17, 15) is 4.79 Å². The first kappa shape index (κ1) is 24.2. The predicted molar refractivity (Wildman–Crippen MR) is 137 cm³/mol. The number of likely N-dealkylation sites (tertiary alicyclic amines) is 1. The van der Waals surface area contributed by atoms with E-state index in [1.165, 1.54) is 11.3 Å². The van der Waals surface area contributed by atoms with Crippen molar-refractivity contribution < 1.29 is 9.53 Å². The molecule has 1 amide bonds. The number of methoxy groups -OCH3 is 1. The molecule has 3 aromatic heterocycles. The van der Waals surface area contributed by atoms with Crippen LogP contribution in [-0.4, -0.2) is 69.0 Å². The van der Waals surface area contributed by atoms with E-state index in [0.29, 0.717) is 36.3 Å². The van der Waals surface area contributed by atoms with Crippen LogP contribution in [0.2, 0.25) is 0 Å². The molecular formula is C23H29N7O2S2. The van der Waals surface area contributed by atoms with Gasteiger partial charge >= 0.3 is 0 Å². The van der Waals surface area contributed by atoms with Gasteiger partial charge in [-0.05, 0) is 57.1 Å². The molecule has 0 aromatic carbocycles. The minimum Gasteiger partial charge on any atom is -0.383 e. The molecule has 11 heteroatoms. The molecule has 2 N–H and O–H groups in total. The lowest BCUT2D eigenvalue weighted by Crippen LogP contribution is -2.44. The van der Waals surface area contributed by atoms with Crippen molar-refractivity contribution >= 4 is 40.3 Å². The number of hydrogen-bond acceptors (Lipinski definition) is 7. The Hall–Kier alpha value is -2.89. The second-order valence-corrected chi connectivity index (χ2v) is 9.50. The third kappa shape index (κ3) is 5.60. The molecule has 34 heavy (non-hydrogen) atoms. The Morgan fingerprint density at radius 3 is 2.82 bits per heavy atom. The number of aryl methyl sites for hydroxylation is 2. The zero-order chi connectivity index (χ0) is 24.1. The highest BCUT2D eigenvalue weighted by Crippen LogP contribution is 2.30. The monoisotopic (exact) mass is 499 g/mol. The van der Waals surface area contributed by atoms with Gasteiger partial charge in [0.15, 0.2) is 10.9 Å². The van der Waals surface area contributed by atoms with Crippen molar-refractivity contribution in [2.45, 2.75) is 32.6 Å². The number of hydrogen-bond donors (Lipinski definition) is 2. The van der Waals surface area contributed by atoms with Gasteiger partial charge in [0.05, 0.1) is 23.0 Å². The van der Waals surface area contributed by atoms with Crippen LogP contribution in [0.4, 0.5) is 5.69 Å². The number of ether oxygens (including phenoxy) is 1. The van der Waals surface area contributed by atoms with Crippen molar-refractivity contribution in [1.82, 2.24) is 30.0 Å². The third-order valence-corrected chi connectivity index (χ3v) is 7.12. The van der Waals surface area contributed by atoms with Crippen molar-refractivity contribution in [3.05, 3.63) is 51.9 Å². The number of nitrogens with zero attached hydrogens (tertiary/aromatic N) is 5. The standard InChI is InChI=1S/C23H29N7O2S2/c1-15-13-16(2)30(28-15)20-18(5-4-8-24-20)26-21(31)19-14-34-22(27-19)17-6-10-29(11-7-17)23(33)25-9-12-32-3/h4-5,8,13-14,17H,6-7,9-12H2,1-3H3,(H,25,33)(H,26,31). The summed E-state index contributed by atoms with van der Waals surface area (Å²) in [6, 6.07) is 5.59. The zero-order valence-corrected chi connectivity index (χ0v) is 21.2. The van der Waals surface area contributed by atoms with Crippen LogP contribution in [0.3, 0.4) is 0 Å². The molecule has 0 spiro atoms. The van der Waals surface area contributed by atoms with Crippen LogP contribution in [0, 0.1) is 13.8 Å². The van der Waals surface area contributed by atoms with Gasteiger partial charge in [-0.2, -0.15) is 5.10 Å². The number of aromatic nitrogens is 4. The fourth-order valence-electron chi connectivity index (χ4n) is 3.97. The number of thiocarbonyl (C=S) groups is 1. The van der Waals surface area contributed by atoms with Crippen LogP contribution >= 0.6 is 23.6 Å². The van der Waals surface area contributed by atoms with Gasteiger partial charge in [-0.15, -0.1) is 11.3 Å². The lowest BCUT2D eigenvalue weighted by Gasteiger charge is -2.33. The zero-order valence-electron chi connectivity index (χ0n) is 19.6. The third-order valence-electron chi connectivity index (χ3n) is 5.71. The van der Waals surface area contributed by atoms with Gasteiger partial charge in [-0.3, -0.25) is 4.79 Å². The Labute approximate surface area is 208 Å². The van der Waals surface area contributed by atoms with Gasteiger partial charge in [-0.1, -0.05) is 0 Å². The number of anilines is 1. The average Bonchev–Trinajstić information content (AvgIpc) is 3.46. The molecule has 0 radical (unpaired) electrons. The first-order valence-electron chi connectivity index (χ1n) is 11.2. The minimum absolute atomic E-state index is 0.251. The molecule has 1 fully saturated rings. The Morgan fingerprint density at radius 1 is 1.32 bits per heavy atom. The number of pyridine rings is 1. The summed E-state index contributed by atoms with van der Waals surface area (Å²) in [5, 5.41) is 14.3.